The van der Waals surface area contributed by atoms with Gasteiger partial charge in [-0.25, -0.2) is 14.3 Å². The van der Waals surface area contributed by atoms with Crippen molar-refractivity contribution in [2.24, 2.45) is 7.05 Å². The lowest BCUT2D eigenvalue weighted by Crippen LogP contribution is -2.43. The summed E-state index contributed by atoms with van der Waals surface area (Å²) in [6.07, 6.45) is 3.34. The summed E-state index contributed by atoms with van der Waals surface area (Å²) in [6.45, 7) is 3.40. The number of amides is 1. The minimum absolute atomic E-state index is 0.115. The molecule has 3 aromatic heterocycles. The Bertz CT molecular complexity index is 1420. The highest BCUT2D eigenvalue weighted by Gasteiger charge is 2.21. The van der Waals surface area contributed by atoms with Gasteiger partial charge in [-0.3, -0.25) is 14.3 Å². The topological polar surface area (TPSA) is 127 Å². The first-order chi connectivity index (χ1) is 17.1. The van der Waals surface area contributed by atoms with Crippen molar-refractivity contribution >= 4 is 39.7 Å². The van der Waals surface area contributed by atoms with Crippen LogP contribution in [0.25, 0.3) is 16.2 Å². The highest BCUT2D eigenvalue weighted by Crippen LogP contribution is 2.28. The van der Waals surface area contributed by atoms with Gasteiger partial charge in [-0.15, -0.1) is 11.3 Å². The van der Waals surface area contributed by atoms with Gasteiger partial charge >= 0.3 is 5.69 Å². The Morgan fingerprint density at radius 1 is 1.29 bits per heavy atom. The van der Waals surface area contributed by atoms with Crippen LogP contribution in [-0.2, 0) is 7.05 Å². The van der Waals surface area contributed by atoms with E-state index in [0.717, 1.165) is 31.9 Å². The molecule has 0 saturated carbocycles. The Morgan fingerprint density at radius 3 is 2.91 bits per heavy atom. The van der Waals surface area contributed by atoms with Gasteiger partial charge in [0.05, 0.1) is 29.7 Å². The van der Waals surface area contributed by atoms with Crippen LogP contribution in [0.1, 0.15) is 10.5 Å². The molecule has 4 aromatic rings. The Hall–Kier alpha value is -3.74. The normalized spacial score (nSPS) is 13.8. The number of para-hydroxylation sites is 1. The van der Waals surface area contributed by atoms with E-state index < -0.39 is 0 Å². The summed E-state index contributed by atoms with van der Waals surface area (Å²) in [5, 5.41) is 17.3. The van der Waals surface area contributed by atoms with Crippen LogP contribution in [0.5, 0.6) is 5.75 Å². The molecular weight excluding hydrogens is 470 g/mol. The number of fused-ring (bicyclic) bond motifs is 1. The molecular formula is C23H25N7O4S. The SMILES string of the molecule is Cn1c(=O)n(-c2nc(C(=O)Nc3cnccc3N3CCNCC3)cs2)c2cccc(OCCO)c21. The van der Waals surface area contributed by atoms with Gasteiger partial charge in [0, 0.05) is 44.8 Å². The first kappa shape index (κ1) is 23.0. The Kier molecular flexibility index (Phi) is 6.49. The third-order valence-electron chi connectivity index (χ3n) is 5.80. The first-order valence-corrected chi connectivity index (χ1v) is 12.1. The van der Waals surface area contributed by atoms with Crippen LogP contribution in [0.2, 0.25) is 0 Å². The molecule has 0 aliphatic carbocycles. The standard InChI is InChI=1S/C23H25N7O4S/c1-28-20-18(3-2-4-19(20)34-12-11-31)30(23(28)33)22-27-16(14-35-22)21(32)26-15-13-25-6-5-17(15)29-9-7-24-8-10-29/h2-6,13-14,24,31H,7-12H2,1H3,(H,26,32). The third-order valence-corrected chi connectivity index (χ3v) is 6.63. The predicted molar refractivity (Wildman–Crippen MR) is 134 cm³/mol. The molecule has 4 heterocycles. The molecule has 0 atom stereocenters. The fraction of sp³-hybridized carbons (Fsp3) is 0.304. The van der Waals surface area contributed by atoms with Gasteiger partial charge in [0.15, 0.2) is 5.13 Å². The van der Waals surface area contributed by atoms with Crippen LogP contribution in [0, 0.1) is 0 Å². The van der Waals surface area contributed by atoms with E-state index in [9.17, 15) is 9.59 Å². The highest BCUT2D eigenvalue weighted by atomic mass is 32.1. The lowest BCUT2D eigenvalue weighted by molar-refractivity contribution is 0.102. The number of ether oxygens (including phenoxy) is 1. The number of anilines is 2. The van der Waals surface area contributed by atoms with Crippen molar-refractivity contribution in [3.63, 3.8) is 0 Å². The summed E-state index contributed by atoms with van der Waals surface area (Å²) in [7, 11) is 1.65. The zero-order valence-corrected chi connectivity index (χ0v) is 19.9. The number of rotatable bonds is 7. The molecule has 0 bridgehead atoms. The highest BCUT2D eigenvalue weighted by molar-refractivity contribution is 7.12. The van der Waals surface area contributed by atoms with Crippen LogP contribution < -0.4 is 26.0 Å². The number of piperazine rings is 1. The van der Waals surface area contributed by atoms with Gasteiger partial charge in [0.1, 0.15) is 23.6 Å². The number of hydrogen-bond donors (Lipinski definition) is 3. The average Bonchev–Trinajstić information content (AvgIpc) is 3.47. The molecule has 0 spiro atoms. The number of carbonyl (C=O) groups is 1. The van der Waals surface area contributed by atoms with Gasteiger partial charge in [0.2, 0.25) is 0 Å². The van der Waals surface area contributed by atoms with Crippen molar-refractivity contribution < 1.29 is 14.6 Å². The molecule has 12 heteroatoms. The molecule has 1 fully saturated rings. The van der Waals surface area contributed by atoms with Crippen molar-refractivity contribution in [3.8, 4) is 10.9 Å². The number of pyridine rings is 1. The molecule has 5 rings (SSSR count). The van der Waals surface area contributed by atoms with Crippen LogP contribution in [0.15, 0.2) is 46.8 Å². The second-order valence-electron chi connectivity index (χ2n) is 7.97. The van der Waals surface area contributed by atoms with Crippen molar-refractivity contribution in [2.75, 3.05) is 49.6 Å². The maximum Gasteiger partial charge on any atom is 0.335 e. The number of imidazole rings is 1. The quantitative estimate of drug-likeness (QED) is 0.349. The number of aliphatic hydroxyl groups excluding tert-OH is 1. The molecule has 1 aromatic carbocycles. The predicted octanol–water partition coefficient (Wildman–Crippen LogP) is 1.21. The zero-order chi connectivity index (χ0) is 24.4. The second-order valence-corrected chi connectivity index (χ2v) is 8.81. The van der Waals surface area contributed by atoms with Crippen molar-refractivity contribution in [1.82, 2.24) is 24.4 Å². The van der Waals surface area contributed by atoms with Crippen LogP contribution in [-0.4, -0.2) is 69.5 Å². The Balaban J connectivity index is 1.44. The molecule has 1 aliphatic rings. The summed E-state index contributed by atoms with van der Waals surface area (Å²) in [4.78, 5) is 37.0. The van der Waals surface area contributed by atoms with Crippen molar-refractivity contribution in [3.05, 3.63) is 58.2 Å². The van der Waals surface area contributed by atoms with Gasteiger partial charge in [-0.05, 0) is 18.2 Å². The fourth-order valence-electron chi connectivity index (χ4n) is 4.16. The largest absolute Gasteiger partial charge is 0.489 e. The number of aromatic nitrogens is 4. The van der Waals surface area contributed by atoms with E-state index in [1.807, 2.05) is 6.07 Å². The van der Waals surface area contributed by atoms with E-state index in [2.05, 4.69) is 25.5 Å². The van der Waals surface area contributed by atoms with E-state index in [-0.39, 0.29) is 30.5 Å². The number of aliphatic hydroxyl groups is 1. The van der Waals surface area contributed by atoms with Crippen molar-refractivity contribution in [2.45, 2.75) is 0 Å². The lowest BCUT2D eigenvalue weighted by atomic mass is 10.2. The maximum atomic E-state index is 13.1. The molecule has 1 amide bonds. The lowest BCUT2D eigenvalue weighted by Gasteiger charge is -2.30. The summed E-state index contributed by atoms with van der Waals surface area (Å²) in [5.41, 5.74) is 2.60. The van der Waals surface area contributed by atoms with Gasteiger partial charge in [-0.1, -0.05) is 6.07 Å². The Labute approximate surface area is 204 Å². The number of benzene rings is 1. The van der Waals surface area contributed by atoms with E-state index in [1.165, 1.54) is 20.5 Å². The van der Waals surface area contributed by atoms with Crippen LogP contribution in [0.4, 0.5) is 11.4 Å². The molecule has 1 aliphatic heterocycles. The molecule has 35 heavy (non-hydrogen) atoms. The first-order valence-electron chi connectivity index (χ1n) is 11.2. The summed E-state index contributed by atoms with van der Waals surface area (Å²) >= 11 is 1.20. The van der Waals surface area contributed by atoms with Gasteiger partial charge < -0.3 is 25.4 Å². The summed E-state index contributed by atoms with van der Waals surface area (Å²) < 4.78 is 8.53. The maximum absolute atomic E-state index is 13.1. The number of nitrogens with zero attached hydrogens (tertiary/aromatic N) is 5. The molecule has 3 N–H and O–H groups in total. The number of nitrogens with one attached hydrogen (secondary N) is 2. The molecule has 0 radical (unpaired) electrons. The molecule has 11 nitrogen and oxygen atoms in total. The number of carbonyl (C=O) groups excluding carboxylic acids is 1. The second kappa shape index (κ2) is 9.86. The number of aryl methyl sites for hydroxylation is 1. The molecule has 182 valence electrons. The summed E-state index contributed by atoms with van der Waals surface area (Å²) in [6, 6.07) is 7.19. The number of thiazole rings is 1. The summed E-state index contributed by atoms with van der Waals surface area (Å²) in [5.74, 6) is 0.110. The number of hydrogen-bond acceptors (Lipinski definition) is 9. The van der Waals surface area contributed by atoms with Crippen LogP contribution in [0.3, 0.4) is 0 Å². The molecule has 0 unspecified atom stereocenters. The van der Waals surface area contributed by atoms with Gasteiger partial charge in [-0.2, -0.15) is 0 Å². The zero-order valence-electron chi connectivity index (χ0n) is 19.1. The molecule has 1 saturated heterocycles. The average molecular weight is 496 g/mol. The van der Waals surface area contributed by atoms with E-state index in [1.54, 1.807) is 43.0 Å². The Morgan fingerprint density at radius 2 is 2.11 bits per heavy atom. The van der Waals surface area contributed by atoms with E-state index in [0.29, 0.717) is 27.6 Å². The minimum Gasteiger partial charge on any atom is -0.489 e. The van der Waals surface area contributed by atoms with E-state index in [4.69, 9.17) is 9.84 Å². The smallest absolute Gasteiger partial charge is 0.335 e. The van der Waals surface area contributed by atoms with Crippen molar-refractivity contribution in [1.29, 1.82) is 0 Å². The minimum atomic E-state index is -0.378. The fourth-order valence-corrected chi connectivity index (χ4v) is 4.97. The third kappa shape index (κ3) is 4.38. The van der Waals surface area contributed by atoms with Crippen LogP contribution >= 0.6 is 11.3 Å². The van der Waals surface area contributed by atoms with Gasteiger partial charge in [0.25, 0.3) is 5.91 Å². The van der Waals surface area contributed by atoms with E-state index >= 15 is 0 Å². The monoisotopic (exact) mass is 495 g/mol.